The molecule has 0 saturated carbocycles. The molecule has 0 N–H and O–H groups in total. The van der Waals surface area contributed by atoms with Crippen molar-refractivity contribution in [3.63, 3.8) is 0 Å². The zero-order valence-corrected chi connectivity index (χ0v) is 15.6. The molecule has 136 valence electrons. The van der Waals surface area contributed by atoms with Gasteiger partial charge in [0.2, 0.25) is 0 Å². The molecule has 0 aliphatic carbocycles. The summed E-state index contributed by atoms with van der Waals surface area (Å²) in [7, 11) is -1.49. The van der Waals surface area contributed by atoms with Crippen molar-refractivity contribution in [3.05, 3.63) is 70.8 Å². The molecule has 0 spiro atoms. The number of aryl methyl sites for hydroxylation is 1. The maximum atomic E-state index is 12.9. The molecule has 0 aromatic heterocycles. The fourth-order valence-electron chi connectivity index (χ4n) is 3.16. The summed E-state index contributed by atoms with van der Waals surface area (Å²) in [5.41, 5.74) is 2.19. The molecular weight excluding hydrogens is 350 g/mol. The Hall–Kier alpha value is -2.47. The van der Waals surface area contributed by atoms with E-state index in [9.17, 15) is 18.0 Å². The molecule has 1 unspecified atom stereocenters. The Morgan fingerprint density at radius 1 is 1.00 bits per heavy atom. The average Bonchev–Trinajstić information content (AvgIpc) is 3.00. The number of sulfone groups is 1. The number of ketones is 1. The third kappa shape index (κ3) is 3.70. The van der Waals surface area contributed by atoms with Crippen LogP contribution in [0.2, 0.25) is 0 Å². The number of rotatable bonds is 4. The number of hydrogen-bond acceptors (Lipinski definition) is 4. The van der Waals surface area contributed by atoms with Crippen molar-refractivity contribution in [1.82, 2.24) is 4.90 Å². The van der Waals surface area contributed by atoms with Gasteiger partial charge >= 0.3 is 0 Å². The molecule has 1 heterocycles. The van der Waals surface area contributed by atoms with E-state index >= 15 is 0 Å². The molecule has 1 atom stereocenters. The molecule has 1 fully saturated rings. The zero-order chi connectivity index (χ0) is 18.9. The first-order valence-electron chi connectivity index (χ1n) is 8.46. The van der Waals surface area contributed by atoms with Crippen LogP contribution in [-0.4, -0.2) is 49.6 Å². The van der Waals surface area contributed by atoms with E-state index in [2.05, 4.69) is 0 Å². The van der Waals surface area contributed by atoms with Crippen molar-refractivity contribution in [1.29, 1.82) is 0 Å². The Labute approximate surface area is 153 Å². The Balaban J connectivity index is 1.90. The molecule has 1 amide bonds. The molecular formula is C20H21NO4S. The van der Waals surface area contributed by atoms with E-state index in [1.807, 2.05) is 19.1 Å². The summed E-state index contributed by atoms with van der Waals surface area (Å²) in [5, 5.41) is 0. The van der Waals surface area contributed by atoms with Gasteiger partial charge in [-0.05, 0) is 19.4 Å². The Kier molecular flexibility index (Phi) is 4.96. The lowest BCUT2D eigenvalue weighted by Crippen LogP contribution is -2.38. The Morgan fingerprint density at radius 2 is 1.62 bits per heavy atom. The molecule has 26 heavy (non-hydrogen) atoms. The first-order chi connectivity index (χ1) is 12.3. The van der Waals surface area contributed by atoms with Gasteiger partial charge in [0.1, 0.15) is 0 Å². The number of carbonyl (C=O) groups excluding carboxylic acids is 2. The van der Waals surface area contributed by atoms with Crippen LogP contribution in [0.1, 0.15) is 38.3 Å². The first-order valence-corrected chi connectivity index (χ1v) is 10.3. The van der Waals surface area contributed by atoms with E-state index in [4.69, 9.17) is 0 Å². The van der Waals surface area contributed by atoms with Crippen molar-refractivity contribution in [2.75, 3.05) is 18.6 Å². The highest BCUT2D eigenvalue weighted by Gasteiger charge is 2.34. The monoisotopic (exact) mass is 371 g/mol. The lowest BCUT2D eigenvalue weighted by molar-refractivity contribution is 0.0743. The van der Waals surface area contributed by atoms with Gasteiger partial charge in [0, 0.05) is 24.2 Å². The van der Waals surface area contributed by atoms with Gasteiger partial charge in [-0.1, -0.05) is 48.0 Å². The highest BCUT2D eigenvalue weighted by Crippen LogP contribution is 2.21. The third-order valence-corrected chi connectivity index (χ3v) is 6.54. The Morgan fingerprint density at radius 3 is 2.19 bits per heavy atom. The SMILES string of the molecule is Cc1ccc(C(=O)c2ccccc2C(=O)N(C)C2CCS(=O)(=O)C2)cc1. The fraction of sp³-hybridized carbons (Fsp3) is 0.300. The number of hydrogen-bond donors (Lipinski definition) is 0. The standard InChI is InChI=1S/C20H21NO4S/c1-14-7-9-15(10-8-14)19(22)17-5-3-4-6-18(17)20(23)21(2)16-11-12-26(24,25)13-16/h3-10,16H,11-13H2,1-2H3. The number of amides is 1. The number of nitrogens with zero attached hydrogens (tertiary/aromatic N) is 1. The van der Waals surface area contributed by atoms with Gasteiger partial charge in [0.25, 0.3) is 5.91 Å². The van der Waals surface area contributed by atoms with E-state index < -0.39 is 9.84 Å². The maximum absolute atomic E-state index is 12.9. The van der Waals surface area contributed by atoms with Gasteiger partial charge in [0.05, 0.1) is 17.1 Å². The van der Waals surface area contributed by atoms with Gasteiger partial charge in [-0.2, -0.15) is 0 Å². The lowest BCUT2D eigenvalue weighted by Gasteiger charge is -2.24. The second-order valence-corrected chi connectivity index (χ2v) is 8.94. The molecule has 1 aliphatic rings. The van der Waals surface area contributed by atoms with Crippen LogP contribution >= 0.6 is 0 Å². The molecule has 6 heteroatoms. The van der Waals surface area contributed by atoms with Crippen LogP contribution in [0.3, 0.4) is 0 Å². The minimum atomic E-state index is -3.09. The van der Waals surface area contributed by atoms with Crippen molar-refractivity contribution in [3.8, 4) is 0 Å². The maximum Gasteiger partial charge on any atom is 0.254 e. The third-order valence-electron chi connectivity index (χ3n) is 4.79. The van der Waals surface area contributed by atoms with Gasteiger partial charge in [0.15, 0.2) is 15.6 Å². The summed E-state index contributed by atoms with van der Waals surface area (Å²) in [5.74, 6) is -0.479. The van der Waals surface area contributed by atoms with E-state index in [0.717, 1.165) is 5.56 Å². The van der Waals surface area contributed by atoms with Gasteiger partial charge in [-0.15, -0.1) is 0 Å². The molecule has 5 nitrogen and oxygen atoms in total. The molecule has 3 rings (SSSR count). The highest BCUT2D eigenvalue weighted by atomic mass is 32.2. The van der Waals surface area contributed by atoms with Crippen LogP contribution in [0.15, 0.2) is 48.5 Å². The lowest BCUT2D eigenvalue weighted by atomic mass is 9.97. The molecule has 0 bridgehead atoms. The average molecular weight is 371 g/mol. The smallest absolute Gasteiger partial charge is 0.254 e. The molecule has 2 aromatic carbocycles. The quantitative estimate of drug-likeness (QED) is 0.774. The highest BCUT2D eigenvalue weighted by molar-refractivity contribution is 7.91. The van der Waals surface area contributed by atoms with E-state index in [1.165, 1.54) is 4.90 Å². The van der Waals surface area contributed by atoms with Crippen molar-refractivity contribution in [2.24, 2.45) is 0 Å². The van der Waals surface area contributed by atoms with Crippen LogP contribution in [0.4, 0.5) is 0 Å². The summed E-state index contributed by atoms with van der Waals surface area (Å²) in [6, 6.07) is 13.5. The van der Waals surface area contributed by atoms with Crippen LogP contribution in [0.5, 0.6) is 0 Å². The van der Waals surface area contributed by atoms with Gasteiger partial charge in [-0.25, -0.2) is 8.42 Å². The first kappa shape index (κ1) is 18.3. The number of carbonyl (C=O) groups is 2. The summed E-state index contributed by atoms with van der Waals surface area (Å²) in [6.45, 7) is 1.94. The zero-order valence-electron chi connectivity index (χ0n) is 14.8. The van der Waals surface area contributed by atoms with Crippen LogP contribution in [-0.2, 0) is 9.84 Å². The van der Waals surface area contributed by atoms with Crippen molar-refractivity contribution >= 4 is 21.5 Å². The Bertz CT molecular complexity index is 948. The second-order valence-electron chi connectivity index (χ2n) is 6.71. The van der Waals surface area contributed by atoms with E-state index in [0.29, 0.717) is 23.1 Å². The molecule has 0 radical (unpaired) electrons. The summed E-state index contributed by atoms with van der Waals surface area (Å²) < 4.78 is 23.4. The van der Waals surface area contributed by atoms with Gasteiger partial charge in [-0.3, -0.25) is 9.59 Å². The van der Waals surface area contributed by atoms with Crippen LogP contribution in [0.25, 0.3) is 0 Å². The number of benzene rings is 2. The van der Waals surface area contributed by atoms with Crippen molar-refractivity contribution < 1.29 is 18.0 Å². The largest absolute Gasteiger partial charge is 0.338 e. The van der Waals surface area contributed by atoms with Crippen LogP contribution in [0, 0.1) is 6.92 Å². The summed E-state index contributed by atoms with van der Waals surface area (Å²) >= 11 is 0. The molecule has 2 aromatic rings. The van der Waals surface area contributed by atoms with Crippen molar-refractivity contribution in [2.45, 2.75) is 19.4 Å². The minimum absolute atomic E-state index is 0.0245. The summed E-state index contributed by atoms with van der Waals surface area (Å²) in [6.07, 6.45) is 0.429. The van der Waals surface area contributed by atoms with E-state index in [-0.39, 0.29) is 29.2 Å². The van der Waals surface area contributed by atoms with E-state index in [1.54, 1.807) is 43.4 Å². The van der Waals surface area contributed by atoms with Gasteiger partial charge < -0.3 is 4.90 Å². The predicted molar refractivity (Wildman–Crippen MR) is 100 cm³/mol. The topological polar surface area (TPSA) is 71.5 Å². The second kappa shape index (κ2) is 7.03. The fourth-order valence-corrected chi connectivity index (χ4v) is 4.94. The molecule has 1 aliphatic heterocycles. The normalized spacial score (nSPS) is 18.5. The predicted octanol–water partition coefficient (Wildman–Crippen LogP) is 2.49. The van der Waals surface area contributed by atoms with Crippen LogP contribution < -0.4 is 0 Å². The summed E-state index contributed by atoms with van der Waals surface area (Å²) in [4.78, 5) is 27.2. The minimum Gasteiger partial charge on any atom is -0.338 e. The molecule has 1 saturated heterocycles.